The van der Waals surface area contributed by atoms with Crippen LogP contribution in [0, 0.1) is 16.7 Å². The van der Waals surface area contributed by atoms with Gasteiger partial charge in [0.2, 0.25) is 0 Å². The SMILES string of the molecule is CN1CCC(C#N)(C(=O)O)CC1.Cl. The van der Waals surface area contributed by atoms with E-state index in [0.29, 0.717) is 25.9 Å². The first kappa shape index (κ1) is 12.2. The third kappa shape index (κ3) is 2.33. The molecule has 0 radical (unpaired) electrons. The molecule has 4 nitrogen and oxygen atoms in total. The maximum atomic E-state index is 10.8. The summed E-state index contributed by atoms with van der Waals surface area (Å²) in [5.41, 5.74) is -1.12. The van der Waals surface area contributed by atoms with Crippen molar-refractivity contribution in [2.45, 2.75) is 12.8 Å². The first-order valence-corrected chi connectivity index (χ1v) is 3.94. The molecular formula is C8H13ClN2O2. The van der Waals surface area contributed by atoms with Gasteiger partial charge >= 0.3 is 5.97 Å². The van der Waals surface area contributed by atoms with Gasteiger partial charge in [-0.3, -0.25) is 4.79 Å². The fourth-order valence-corrected chi connectivity index (χ4v) is 1.37. The number of carboxylic acid groups (broad SMARTS) is 1. The normalized spacial score (nSPS) is 21.2. The van der Waals surface area contributed by atoms with Crippen molar-refractivity contribution in [1.29, 1.82) is 5.26 Å². The highest BCUT2D eigenvalue weighted by Crippen LogP contribution is 2.30. The van der Waals surface area contributed by atoms with Gasteiger partial charge in [-0.15, -0.1) is 12.4 Å². The summed E-state index contributed by atoms with van der Waals surface area (Å²) in [5.74, 6) is -0.974. The topological polar surface area (TPSA) is 64.3 Å². The number of halogens is 1. The van der Waals surface area contributed by atoms with Crippen LogP contribution >= 0.6 is 12.4 Å². The van der Waals surface area contributed by atoms with E-state index in [1.54, 1.807) is 0 Å². The summed E-state index contributed by atoms with van der Waals surface area (Å²) in [6.45, 7) is 1.39. The molecule has 1 N–H and O–H groups in total. The van der Waals surface area contributed by atoms with E-state index in [1.807, 2.05) is 18.0 Å². The van der Waals surface area contributed by atoms with Gasteiger partial charge in [-0.2, -0.15) is 5.26 Å². The molecule has 0 unspecified atom stereocenters. The van der Waals surface area contributed by atoms with Crippen LogP contribution in [0.5, 0.6) is 0 Å². The number of hydrogen-bond acceptors (Lipinski definition) is 3. The Labute approximate surface area is 83.5 Å². The van der Waals surface area contributed by atoms with Crippen molar-refractivity contribution < 1.29 is 9.90 Å². The first-order chi connectivity index (χ1) is 5.60. The molecule has 5 heteroatoms. The Morgan fingerprint density at radius 2 is 2.00 bits per heavy atom. The molecule has 1 aliphatic heterocycles. The van der Waals surface area contributed by atoms with Crippen molar-refractivity contribution in [2.24, 2.45) is 5.41 Å². The van der Waals surface area contributed by atoms with Crippen LogP contribution in [-0.4, -0.2) is 36.1 Å². The number of carboxylic acids is 1. The van der Waals surface area contributed by atoms with Crippen LogP contribution in [0.3, 0.4) is 0 Å². The van der Waals surface area contributed by atoms with E-state index in [4.69, 9.17) is 10.4 Å². The van der Waals surface area contributed by atoms with Crippen LogP contribution in [0.15, 0.2) is 0 Å². The Bertz CT molecular complexity index is 229. The van der Waals surface area contributed by atoms with Crippen LogP contribution in [0.1, 0.15) is 12.8 Å². The van der Waals surface area contributed by atoms with E-state index >= 15 is 0 Å². The van der Waals surface area contributed by atoms with Gasteiger partial charge < -0.3 is 10.0 Å². The lowest BCUT2D eigenvalue weighted by Crippen LogP contribution is -2.41. The molecular weight excluding hydrogens is 192 g/mol. The molecule has 1 fully saturated rings. The standard InChI is InChI=1S/C8H12N2O2.ClH/c1-10-4-2-8(6-9,3-5-10)7(11)12;/h2-5H2,1H3,(H,11,12);1H. The number of rotatable bonds is 1. The minimum atomic E-state index is -1.12. The zero-order valence-electron chi connectivity index (χ0n) is 7.49. The van der Waals surface area contributed by atoms with E-state index in [0.717, 1.165) is 0 Å². The Kier molecular flexibility index (Phi) is 4.18. The number of nitriles is 1. The molecule has 1 saturated heterocycles. The van der Waals surface area contributed by atoms with Gasteiger partial charge in [0.05, 0.1) is 6.07 Å². The van der Waals surface area contributed by atoms with Crippen LogP contribution < -0.4 is 0 Å². The summed E-state index contributed by atoms with van der Waals surface area (Å²) >= 11 is 0. The third-order valence-corrected chi connectivity index (χ3v) is 2.46. The van der Waals surface area contributed by atoms with Crippen molar-refractivity contribution in [1.82, 2.24) is 4.90 Å². The van der Waals surface area contributed by atoms with Crippen molar-refractivity contribution >= 4 is 18.4 Å². The van der Waals surface area contributed by atoms with Crippen molar-refractivity contribution in [2.75, 3.05) is 20.1 Å². The lowest BCUT2D eigenvalue weighted by atomic mass is 9.80. The van der Waals surface area contributed by atoms with Crippen LogP contribution in [0.2, 0.25) is 0 Å². The third-order valence-electron chi connectivity index (χ3n) is 2.46. The highest BCUT2D eigenvalue weighted by molar-refractivity contribution is 5.85. The molecule has 1 aliphatic rings. The van der Waals surface area contributed by atoms with Gasteiger partial charge in [0.1, 0.15) is 0 Å². The lowest BCUT2D eigenvalue weighted by molar-refractivity contribution is -0.147. The molecule has 0 atom stereocenters. The molecule has 0 aliphatic carbocycles. The second-order valence-corrected chi connectivity index (χ2v) is 3.30. The highest BCUT2D eigenvalue weighted by atomic mass is 35.5. The van der Waals surface area contributed by atoms with Crippen LogP contribution in [0.25, 0.3) is 0 Å². The minimum absolute atomic E-state index is 0. The zero-order chi connectivity index (χ0) is 9.19. The maximum absolute atomic E-state index is 10.8. The molecule has 0 bridgehead atoms. The lowest BCUT2D eigenvalue weighted by Gasteiger charge is -2.31. The number of hydrogen-bond donors (Lipinski definition) is 1. The van der Waals surface area contributed by atoms with E-state index in [2.05, 4.69) is 0 Å². The number of piperidine rings is 1. The maximum Gasteiger partial charge on any atom is 0.324 e. The number of carbonyl (C=O) groups is 1. The second kappa shape index (κ2) is 4.45. The molecule has 0 spiro atoms. The molecule has 0 aromatic heterocycles. The summed E-state index contributed by atoms with van der Waals surface area (Å²) in [5, 5.41) is 17.6. The minimum Gasteiger partial charge on any atom is -0.480 e. The average Bonchev–Trinajstić information content (AvgIpc) is 2.06. The number of aliphatic carboxylic acids is 1. The van der Waals surface area contributed by atoms with E-state index in [9.17, 15) is 4.79 Å². The smallest absolute Gasteiger partial charge is 0.324 e. The Morgan fingerprint density at radius 3 is 2.31 bits per heavy atom. The Balaban J connectivity index is 0.00000144. The molecule has 0 aromatic rings. The van der Waals surface area contributed by atoms with E-state index < -0.39 is 11.4 Å². The summed E-state index contributed by atoms with van der Waals surface area (Å²) in [4.78, 5) is 12.8. The summed E-state index contributed by atoms with van der Waals surface area (Å²) < 4.78 is 0. The predicted molar refractivity (Wildman–Crippen MR) is 49.7 cm³/mol. The molecule has 1 rings (SSSR count). The van der Waals surface area contributed by atoms with E-state index in [1.165, 1.54) is 0 Å². The Morgan fingerprint density at radius 1 is 1.54 bits per heavy atom. The Hall–Kier alpha value is -0.790. The van der Waals surface area contributed by atoms with Gasteiger partial charge in [0.15, 0.2) is 5.41 Å². The fraction of sp³-hybridized carbons (Fsp3) is 0.750. The summed E-state index contributed by atoms with van der Waals surface area (Å²) in [7, 11) is 1.93. The zero-order valence-corrected chi connectivity index (χ0v) is 8.30. The molecule has 0 aromatic carbocycles. The van der Waals surface area contributed by atoms with Crippen molar-refractivity contribution in [3.63, 3.8) is 0 Å². The summed E-state index contributed by atoms with van der Waals surface area (Å²) in [6.07, 6.45) is 0.880. The largest absolute Gasteiger partial charge is 0.480 e. The molecule has 1 heterocycles. The summed E-state index contributed by atoms with van der Waals surface area (Å²) in [6, 6.07) is 1.91. The first-order valence-electron chi connectivity index (χ1n) is 3.94. The average molecular weight is 205 g/mol. The second-order valence-electron chi connectivity index (χ2n) is 3.30. The molecule has 0 amide bonds. The highest BCUT2D eigenvalue weighted by Gasteiger charge is 2.41. The number of nitrogens with zero attached hydrogens (tertiary/aromatic N) is 2. The quantitative estimate of drug-likeness (QED) is 0.684. The van der Waals surface area contributed by atoms with Gasteiger partial charge in [0.25, 0.3) is 0 Å². The van der Waals surface area contributed by atoms with Gasteiger partial charge in [-0.1, -0.05) is 0 Å². The van der Waals surface area contributed by atoms with Crippen molar-refractivity contribution in [3.05, 3.63) is 0 Å². The van der Waals surface area contributed by atoms with Crippen LogP contribution in [-0.2, 0) is 4.79 Å². The molecule has 0 saturated carbocycles. The molecule has 74 valence electrons. The van der Waals surface area contributed by atoms with Gasteiger partial charge in [0, 0.05) is 0 Å². The van der Waals surface area contributed by atoms with E-state index in [-0.39, 0.29) is 12.4 Å². The van der Waals surface area contributed by atoms with Crippen LogP contribution in [0.4, 0.5) is 0 Å². The molecule has 13 heavy (non-hydrogen) atoms. The fourth-order valence-electron chi connectivity index (χ4n) is 1.37. The predicted octanol–water partition coefficient (Wildman–Crippen LogP) is 0.728. The van der Waals surface area contributed by atoms with Gasteiger partial charge in [-0.25, -0.2) is 0 Å². The van der Waals surface area contributed by atoms with Gasteiger partial charge in [-0.05, 0) is 33.0 Å². The monoisotopic (exact) mass is 204 g/mol. The number of likely N-dealkylation sites (tertiary alicyclic amines) is 1. The van der Waals surface area contributed by atoms with Crippen molar-refractivity contribution in [3.8, 4) is 6.07 Å².